The van der Waals surface area contributed by atoms with E-state index in [1.807, 2.05) is 0 Å². The van der Waals surface area contributed by atoms with Crippen LogP contribution in [0.25, 0.3) is 0 Å². The zero-order chi connectivity index (χ0) is 11.7. The lowest BCUT2D eigenvalue weighted by Crippen LogP contribution is -2.32. The Kier molecular flexibility index (Phi) is 3.15. The minimum Gasteiger partial charge on any atom is -0.0685 e. The second kappa shape index (κ2) is 4.42. The molecule has 16 heavy (non-hydrogen) atoms. The Hall–Kier alpha value is -1.08. The molecule has 1 aromatic rings. The van der Waals surface area contributed by atoms with E-state index in [0.717, 1.165) is 5.54 Å². The van der Waals surface area contributed by atoms with Crippen molar-refractivity contribution in [1.29, 1.82) is 0 Å². The Morgan fingerprint density at radius 3 is 2.12 bits per heavy atom. The first kappa shape index (κ1) is 11.4. The molecule has 2 rings (SSSR count). The highest BCUT2D eigenvalue weighted by atomic mass is 28.3. The van der Waals surface area contributed by atoms with Gasteiger partial charge in [0.2, 0.25) is 0 Å². The van der Waals surface area contributed by atoms with Crippen molar-refractivity contribution in [2.24, 2.45) is 0 Å². The van der Waals surface area contributed by atoms with E-state index in [0.29, 0.717) is 0 Å². The van der Waals surface area contributed by atoms with Crippen LogP contribution in [0.15, 0.2) is 53.1 Å². The van der Waals surface area contributed by atoms with Crippen molar-refractivity contribution in [3.05, 3.63) is 53.1 Å². The SMILES string of the molecule is CC1=CC(C)=C(C)C1[SiH](C)c1ccccc1. The average Bonchev–Trinajstić information content (AvgIpc) is 2.54. The zero-order valence-corrected chi connectivity index (χ0v) is 11.8. The molecular formula is C15H20Si. The molecule has 0 heterocycles. The van der Waals surface area contributed by atoms with Crippen molar-refractivity contribution in [2.75, 3.05) is 0 Å². The van der Waals surface area contributed by atoms with Gasteiger partial charge in [0.1, 0.15) is 0 Å². The Labute approximate surface area is 100 Å². The number of rotatable bonds is 2. The van der Waals surface area contributed by atoms with Crippen LogP contribution in [0.1, 0.15) is 20.8 Å². The molecule has 2 atom stereocenters. The summed E-state index contributed by atoms with van der Waals surface area (Å²) in [6.45, 7) is 9.31. The van der Waals surface area contributed by atoms with E-state index in [9.17, 15) is 0 Å². The molecule has 0 bridgehead atoms. The highest BCUT2D eigenvalue weighted by Crippen LogP contribution is 2.37. The van der Waals surface area contributed by atoms with Gasteiger partial charge in [0.15, 0.2) is 0 Å². The Morgan fingerprint density at radius 2 is 1.62 bits per heavy atom. The maximum Gasteiger partial charge on any atom is 0.0793 e. The Bertz CT molecular complexity index is 440. The summed E-state index contributed by atoms with van der Waals surface area (Å²) in [4.78, 5) is 0. The van der Waals surface area contributed by atoms with Gasteiger partial charge in [-0.1, -0.05) is 64.9 Å². The van der Waals surface area contributed by atoms with Gasteiger partial charge in [0, 0.05) is 0 Å². The fraction of sp³-hybridized carbons (Fsp3) is 0.333. The van der Waals surface area contributed by atoms with Gasteiger partial charge in [-0.25, -0.2) is 0 Å². The fourth-order valence-corrected chi connectivity index (χ4v) is 5.96. The fourth-order valence-electron chi connectivity index (χ4n) is 2.85. The van der Waals surface area contributed by atoms with Crippen molar-refractivity contribution in [1.82, 2.24) is 0 Å². The largest absolute Gasteiger partial charge is 0.0793 e. The predicted octanol–water partition coefficient (Wildman–Crippen LogP) is 3.42. The van der Waals surface area contributed by atoms with Crippen LogP contribution in [0, 0.1) is 0 Å². The second-order valence-corrected chi connectivity index (χ2v) is 7.84. The zero-order valence-electron chi connectivity index (χ0n) is 10.6. The van der Waals surface area contributed by atoms with Gasteiger partial charge >= 0.3 is 0 Å². The molecule has 2 unspecified atom stereocenters. The van der Waals surface area contributed by atoms with E-state index in [2.05, 4.69) is 63.7 Å². The normalized spacial score (nSPS) is 22.2. The van der Waals surface area contributed by atoms with Crippen LogP contribution in [0.5, 0.6) is 0 Å². The van der Waals surface area contributed by atoms with Gasteiger partial charge in [-0.05, 0) is 26.3 Å². The summed E-state index contributed by atoms with van der Waals surface area (Å²) in [5, 5.41) is 1.58. The second-order valence-electron chi connectivity index (χ2n) is 4.93. The first-order valence-corrected chi connectivity index (χ1v) is 8.41. The smallest absolute Gasteiger partial charge is 0.0685 e. The first-order valence-electron chi connectivity index (χ1n) is 6.01. The van der Waals surface area contributed by atoms with E-state index >= 15 is 0 Å². The summed E-state index contributed by atoms with van der Waals surface area (Å²) in [7, 11) is -0.893. The van der Waals surface area contributed by atoms with Crippen molar-refractivity contribution in [3.8, 4) is 0 Å². The highest BCUT2D eigenvalue weighted by molar-refractivity contribution is 6.74. The monoisotopic (exact) mass is 228 g/mol. The molecule has 1 aliphatic rings. The van der Waals surface area contributed by atoms with Gasteiger partial charge in [-0.3, -0.25) is 0 Å². The molecule has 0 fully saturated rings. The molecule has 0 aromatic heterocycles. The van der Waals surface area contributed by atoms with Gasteiger partial charge in [0.05, 0.1) is 8.80 Å². The molecule has 0 saturated carbocycles. The third-order valence-corrected chi connectivity index (χ3v) is 7.31. The van der Waals surface area contributed by atoms with E-state index < -0.39 is 8.80 Å². The lowest BCUT2D eigenvalue weighted by atomic mass is 10.1. The van der Waals surface area contributed by atoms with Crippen LogP contribution >= 0.6 is 0 Å². The molecule has 1 aliphatic carbocycles. The average molecular weight is 228 g/mol. The van der Waals surface area contributed by atoms with Crippen LogP contribution in [0.3, 0.4) is 0 Å². The van der Waals surface area contributed by atoms with Crippen molar-refractivity contribution in [2.45, 2.75) is 32.9 Å². The predicted molar refractivity (Wildman–Crippen MR) is 75.0 cm³/mol. The maximum absolute atomic E-state index is 2.47. The summed E-state index contributed by atoms with van der Waals surface area (Å²) in [5.74, 6) is 0. The Morgan fingerprint density at radius 1 is 1.00 bits per heavy atom. The molecule has 0 nitrogen and oxygen atoms in total. The topological polar surface area (TPSA) is 0 Å². The molecule has 0 N–H and O–H groups in total. The molecule has 0 radical (unpaired) electrons. The lowest BCUT2D eigenvalue weighted by molar-refractivity contribution is 1.10. The highest BCUT2D eigenvalue weighted by Gasteiger charge is 2.27. The number of allylic oxidation sites excluding steroid dienone is 4. The van der Waals surface area contributed by atoms with Gasteiger partial charge < -0.3 is 0 Å². The number of hydrogen-bond acceptors (Lipinski definition) is 0. The summed E-state index contributed by atoms with van der Waals surface area (Å²) in [5.41, 5.74) is 5.39. The third kappa shape index (κ3) is 1.92. The van der Waals surface area contributed by atoms with Crippen molar-refractivity contribution < 1.29 is 0 Å². The van der Waals surface area contributed by atoms with Crippen molar-refractivity contribution >= 4 is 14.0 Å². The minimum absolute atomic E-state index is 0.738. The Balaban J connectivity index is 2.31. The van der Waals surface area contributed by atoms with Crippen LogP contribution in [0.4, 0.5) is 0 Å². The third-order valence-electron chi connectivity index (χ3n) is 3.85. The van der Waals surface area contributed by atoms with Gasteiger partial charge in [-0.2, -0.15) is 0 Å². The first-order chi connectivity index (χ1) is 7.61. The summed E-state index contributed by atoms with van der Waals surface area (Å²) < 4.78 is 0. The summed E-state index contributed by atoms with van der Waals surface area (Å²) in [6.07, 6.45) is 2.37. The molecule has 84 valence electrons. The van der Waals surface area contributed by atoms with Crippen LogP contribution in [-0.4, -0.2) is 8.80 Å². The standard InChI is InChI=1S/C15H20Si/c1-11-10-12(2)15(13(11)3)16(4)14-8-6-5-7-9-14/h5-10,15-16H,1-4H3. The minimum atomic E-state index is -0.893. The molecule has 1 heteroatoms. The molecule has 0 saturated heterocycles. The van der Waals surface area contributed by atoms with Gasteiger partial charge in [0.25, 0.3) is 0 Å². The van der Waals surface area contributed by atoms with Crippen molar-refractivity contribution in [3.63, 3.8) is 0 Å². The number of hydrogen-bond donors (Lipinski definition) is 0. The summed E-state index contributed by atoms with van der Waals surface area (Å²) >= 11 is 0. The summed E-state index contributed by atoms with van der Waals surface area (Å²) in [6, 6.07) is 11.0. The molecule has 1 aromatic carbocycles. The quantitative estimate of drug-likeness (QED) is 0.680. The number of benzene rings is 1. The molecular weight excluding hydrogens is 208 g/mol. The van der Waals surface area contributed by atoms with Crippen LogP contribution in [-0.2, 0) is 0 Å². The van der Waals surface area contributed by atoms with Crippen LogP contribution in [0.2, 0.25) is 12.1 Å². The van der Waals surface area contributed by atoms with E-state index in [1.54, 1.807) is 16.3 Å². The van der Waals surface area contributed by atoms with Crippen LogP contribution < -0.4 is 5.19 Å². The molecule has 0 spiro atoms. The van der Waals surface area contributed by atoms with E-state index in [-0.39, 0.29) is 0 Å². The van der Waals surface area contributed by atoms with E-state index in [4.69, 9.17) is 0 Å². The van der Waals surface area contributed by atoms with Gasteiger partial charge in [-0.15, -0.1) is 0 Å². The molecule has 0 amide bonds. The van der Waals surface area contributed by atoms with E-state index in [1.165, 1.54) is 5.57 Å². The lowest BCUT2D eigenvalue weighted by Gasteiger charge is -2.22. The maximum atomic E-state index is 2.47. The molecule has 0 aliphatic heterocycles.